The van der Waals surface area contributed by atoms with Crippen LogP contribution in [0.4, 0.5) is 0 Å². The van der Waals surface area contributed by atoms with E-state index in [4.69, 9.17) is 0 Å². The molecule has 1 saturated heterocycles. The quantitative estimate of drug-likeness (QED) is 0.851. The fraction of sp³-hybridized carbons (Fsp3) is 0.353. The molecule has 1 unspecified atom stereocenters. The number of benzene rings is 1. The molecule has 0 aliphatic carbocycles. The minimum Gasteiger partial charge on any atom is -0.304 e. The van der Waals surface area contributed by atoms with Gasteiger partial charge < -0.3 is 4.90 Å². The molecule has 1 aromatic carbocycles. The molecule has 2 heterocycles. The van der Waals surface area contributed by atoms with E-state index in [0.717, 1.165) is 31.9 Å². The Morgan fingerprint density at radius 1 is 0.900 bits per heavy atom. The van der Waals surface area contributed by atoms with Gasteiger partial charge in [0, 0.05) is 32.4 Å². The number of nitrogens with zero attached hydrogens (tertiary/aromatic N) is 3. The van der Waals surface area contributed by atoms with E-state index in [1.807, 2.05) is 12.3 Å². The van der Waals surface area contributed by atoms with E-state index >= 15 is 0 Å². The van der Waals surface area contributed by atoms with Crippen LogP contribution in [0.15, 0.2) is 54.7 Å². The van der Waals surface area contributed by atoms with Gasteiger partial charge in [-0.2, -0.15) is 0 Å². The third-order valence-electron chi connectivity index (χ3n) is 3.99. The maximum absolute atomic E-state index is 4.59. The van der Waals surface area contributed by atoms with E-state index < -0.39 is 0 Å². The molecular weight excluding hydrogens is 246 g/mol. The fourth-order valence-electron chi connectivity index (χ4n) is 2.82. The van der Waals surface area contributed by atoms with Gasteiger partial charge in [-0.05, 0) is 24.7 Å². The SMILES string of the molecule is CN1CCN(C(c2ccccc2)c2ccccn2)CC1. The predicted molar refractivity (Wildman–Crippen MR) is 81.6 cm³/mol. The van der Waals surface area contributed by atoms with Gasteiger partial charge >= 0.3 is 0 Å². The maximum atomic E-state index is 4.59. The lowest BCUT2D eigenvalue weighted by Crippen LogP contribution is -2.46. The average molecular weight is 267 g/mol. The van der Waals surface area contributed by atoms with Crippen LogP contribution in [0.5, 0.6) is 0 Å². The van der Waals surface area contributed by atoms with Gasteiger partial charge in [-0.15, -0.1) is 0 Å². The van der Waals surface area contributed by atoms with Crippen molar-refractivity contribution >= 4 is 0 Å². The summed E-state index contributed by atoms with van der Waals surface area (Å²) in [4.78, 5) is 9.52. The van der Waals surface area contributed by atoms with Crippen molar-refractivity contribution in [2.45, 2.75) is 6.04 Å². The molecule has 3 heteroatoms. The lowest BCUT2D eigenvalue weighted by Gasteiger charge is -2.38. The Morgan fingerprint density at radius 2 is 1.60 bits per heavy atom. The number of piperazine rings is 1. The first-order valence-electron chi connectivity index (χ1n) is 7.23. The average Bonchev–Trinajstić information content (AvgIpc) is 2.52. The highest BCUT2D eigenvalue weighted by molar-refractivity contribution is 5.28. The third kappa shape index (κ3) is 2.89. The van der Waals surface area contributed by atoms with Gasteiger partial charge in [0.2, 0.25) is 0 Å². The summed E-state index contributed by atoms with van der Waals surface area (Å²) in [6.07, 6.45) is 1.89. The van der Waals surface area contributed by atoms with E-state index in [0.29, 0.717) is 0 Å². The van der Waals surface area contributed by atoms with Gasteiger partial charge in [0.25, 0.3) is 0 Å². The zero-order valence-electron chi connectivity index (χ0n) is 11.9. The van der Waals surface area contributed by atoms with Gasteiger partial charge in [0.05, 0.1) is 11.7 Å². The van der Waals surface area contributed by atoms with Crippen LogP contribution in [0.2, 0.25) is 0 Å². The Hall–Kier alpha value is -1.71. The summed E-state index contributed by atoms with van der Waals surface area (Å²) in [6.45, 7) is 4.42. The van der Waals surface area contributed by atoms with Crippen LogP contribution in [0.1, 0.15) is 17.3 Å². The van der Waals surface area contributed by atoms with Crippen molar-refractivity contribution in [1.82, 2.24) is 14.8 Å². The summed E-state index contributed by atoms with van der Waals surface area (Å²) in [6, 6.07) is 17.2. The molecule has 104 valence electrons. The Morgan fingerprint density at radius 3 is 2.25 bits per heavy atom. The lowest BCUT2D eigenvalue weighted by atomic mass is 10.0. The zero-order valence-corrected chi connectivity index (χ0v) is 11.9. The molecule has 1 fully saturated rings. The van der Waals surface area contributed by atoms with Crippen molar-refractivity contribution in [3.05, 3.63) is 66.0 Å². The molecule has 1 aliphatic heterocycles. The molecular formula is C17H21N3. The van der Waals surface area contributed by atoms with E-state index in [1.165, 1.54) is 5.56 Å². The Labute approximate surface area is 120 Å². The molecule has 2 aromatic rings. The number of hydrogen-bond donors (Lipinski definition) is 0. The largest absolute Gasteiger partial charge is 0.304 e. The van der Waals surface area contributed by atoms with Crippen LogP contribution in [0.3, 0.4) is 0 Å². The summed E-state index contributed by atoms with van der Waals surface area (Å²) in [5, 5.41) is 0. The third-order valence-corrected chi connectivity index (χ3v) is 3.99. The first-order valence-corrected chi connectivity index (χ1v) is 7.23. The van der Waals surface area contributed by atoms with Crippen molar-refractivity contribution in [2.75, 3.05) is 33.2 Å². The summed E-state index contributed by atoms with van der Waals surface area (Å²) < 4.78 is 0. The second-order valence-electron chi connectivity index (χ2n) is 5.41. The molecule has 3 nitrogen and oxygen atoms in total. The van der Waals surface area contributed by atoms with Gasteiger partial charge in [-0.1, -0.05) is 36.4 Å². The lowest BCUT2D eigenvalue weighted by molar-refractivity contribution is 0.125. The van der Waals surface area contributed by atoms with Gasteiger partial charge in [0.15, 0.2) is 0 Å². The molecule has 1 aliphatic rings. The highest BCUT2D eigenvalue weighted by Gasteiger charge is 2.25. The monoisotopic (exact) mass is 267 g/mol. The van der Waals surface area contributed by atoms with Crippen LogP contribution < -0.4 is 0 Å². The molecule has 0 N–H and O–H groups in total. The van der Waals surface area contributed by atoms with Crippen molar-refractivity contribution in [2.24, 2.45) is 0 Å². The topological polar surface area (TPSA) is 19.4 Å². The molecule has 1 aromatic heterocycles. The first-order chi connectivity index (χ1) is 9.84. The van der Waals surface area contributed by atoms with E-state index in [2.05, 4.69) is 64.3 Å². The number of likely N-dealkylation sites (N-methyl/N-ethyl adjacent to an activating group) is 1. The standard InChI is InChI=1S/C17H21N3/c1-19-11-13-20(14-12-19)17(15-7-3-2-4-8-15)16-9-5-6-10-18-16/h2-10,17H,11-14H2,1H3. The van der Waals surface area contributed by atoms with E-state index in [1.54, 1.807) is 0 Å². The number of rotatable bonds is 3. The Balaban J connectivity index is 1.92. The van der Waals surface area contributed by atoms with Crippen molar-refractivity contribution in [3.63, 3.8) is 0 Å². The minimum atomic E-state index is 0.270. The van der Waals surface area contributed by atoms with Crippen LogP contribution in [0.25, 0.3) is 0 Å². The van der Waals surface area contributed by atoms with Crippen LogP contribution >= 0.6 is 0 Å². The molecule has 0 amide bonds. The molecule has 0 bridgehead atoms. The molecule has 1 atom stereocenters. The first kappa shape index (κ1) is 13.3. The van der Waals surface area contributed by atoms with E-state index in [-0.39, 0.29) is 6.04 Å². The van der Waals surface area contributed by atoms with E-state index in [9.17, 15) is 0 Å². The molecule has 0 radical (unpaired) electrons. The molecule has 0 spiro atoms. The van der Waals surface area contributed by atoms with Crippen molar-refractivity contribution in [1.29, 1.82) is 0 Å². The zero-order chi connectivity index (χ0) is 13.8. The van der Waals surface area contributed by atoms with Crippen molar-refractivity contribution < 1.29 is 0 Å². The van der Waals surface area contributed by atoms with Gasteiger partial charge in [-0.25, -0.2) is 0 Å². The Bertz CT molecular complexity index is 479. The molecule has 3 rings (SSSR count). The minimum absolute atomic E-state index is 0.270. The normalized spacial score (nSPS) is 18.9. The second kappa shape index (κ2) is 6.16. The van der Waals surface area contributed by atoms with Gasteiger partial charge in [0.1, 0.15) is 0 Å². The number of pyridine rings is 1. The maximum Gasteiger partial charge on any atom is 0.0777 e. The van der Waals surface area contributed by atoms with Crippen LogP contribution in [0, 0.1) is 0 Å². The van der Waals surface area contributed by atoms with Gasteiger partial charge in [-0.3, -0.25) is 9.88 Å². The predicted octanol–water partition coefficient (Wildman–Crippen LogP) is 2.42. The second-order valence-corrected chi connectivity index (χ2v) is 5.41. The number of hydrogen-bond acceptors (Lipinski definition) is 3. The summed E-state index contributed by atoms with van der Waals surface area (Å²) in [5.74, 6) is 0. The summed E-state index contributed by atoms with van der Waals surface area (Å²) in [7, 11) is 2.19. The summed E-state index contributed by atoms with van der Waals surface area (Å²) >= 11 is 0. The van der Waals surface area contributed by atoms with Crippen LogP contribution in [-0.4, -0.2) is 48.0 Å². The molecule has 0 saturated carbocycles. The Kier molecular flexibility index (Phi) is 4.09. The number of aromatic nitrogens is 1. The van der Waals surface area contributed by atoms with Crippen LogP contribution in [-0.2, 0) is 0 Å². The fourth-order valence-corrected chi connectivity index (χ4v) is 2.82. The molecule has 20 heavy (non-hydrogen) atoms. The smallest absolute Gasteiger partial charge is 0.0777 e. The van der Waals surface area contributed by atoms with Crippen molar-refractivity contribution in [3.8, 4) is 0 Å². The highest BCUT2D eigenvalue weighted by Crippen LogP contribution is 2.27. The summed E-state index contributed by atoms with van der Waals surface area (Å²) in [5.41, 5.74) is 2.47. The highest BCUT2D eigenvalue weighted by atomic mass is 15.3.